The van der Waals surface area contributed by atoms with Crippen LogP contribution >= 0.6 is 11.8 Å². The molecule has 0 N–H and O–H groups in total. The fourth-order valence-corrected chi connectivity index (χ4v) is 5.36. The molecule has 0 saturated carbocycles. The Balaban J connectivity index is 2.36. The molecule has 1 heterocycles. The highest BCUT2D eigenvalue weighted by molar-refractivity contribution is 8.00. The zero-order valence-electron chi connectivity index (χ0n) is 11.9. The van der Waals surface area contributed by atoms with Gasteiger partial charge in [-0.15, -0.1) is 0 Å². The van der Waals surface area contributed by atoms with Crippen LogP contribution in [0.4, 0.5) is 0 Å². The minimum atomic E-state index is -3.38. The zero-order chi connectivity index (χ0) is 14.3. The first-order chi connectivity index (χ1) is 8.75. The molecule has 0 aliphatic carbocycles. The second-order valence-corrected chi connectivity index (χ2v) is 9.20. The summed E-state index contributed by atoms with van der Waals surface area (Å²) < 4.78 is 27.0. The van der Waals surface area contributed by atoms with E-state index in [0.29, 0.717) is 11.4 Å². The molecule has 3 nitrogen and oxygen atoms in total. The molecule has 0 spiro atoms. The molecule has 0 bridgehead atoms. The van der Waals surface area contributed by atoms with Crippen molar-refractivity contribution in [3.05, 3.63) is 29.8 Å². The van der Waals surface area contributed by atoms with Crippen molar-refractivity contribution in [1.29, 1.82) is 0 Å². The second-order valence-electron chi connectivity index (χ2n) is 5.56. The maximum absolute atomic E-state index is 12.7. The van der Waals surface area contributed by atoms with Gasteiger partial charge in [-0.3, -0.25) is 0 Å². The highest BCUT2D eigenvalue weighted by atomic mass is 32.2. The van der Waals surface area contributed by atoms with E-state index in [1.54, 1.807) is 16.4 Å². The molecule has 1 aromatic carbocycles. The Hall–Kier alpha value is -0.520. The summed E-state index contributed by atoms with van der Waals surface area (Å²) in [5.41, 5.74) is 1.07. The van der Waals surface area contributed by atoms with E-state index in [2.05, 4.69) is 13.8 Å². The van der Waals surface area contributed by atoms with Gasteiger partial charge in [0, 0.05) is 23.1 Å². The van der Waals surface area contributed by atoms with E-state index in [-0.39, 0.29) is 10.8 Å². The quantitative estimate of drug-likeness (QED) is 0.842. The lowest BCUT2D eigenvalue weighted by Gasteiger charge is -2.43. The van der Waals surface area contributed by atoms with Crippen LogP contribution in [0.5, 0.6) is 0 Å². The molecule has 19 heavy (non-hydrogen) atoms. The summed E-state index contributed by atoms with van der Waals surface area (Å²) in [6, 6.07) is 7.10. The Bertz CT molecular complexity index is 549. The molecular formula is C14H21NO2S2. The van der Waals surface area contributed by atoms with Gasteiger partial charge in [0.25, 0.3) is 0 Å². The topological polar surface area (TPSA) is 37.4 Å². The summed E-state index contributed by atoms with van der Waals surface area (Å²) in [7, 11) is -3.38. The highest BCUT2D eigenvalue weighted by Crippen LogP contribution is 2.37. The molecule has 1 atom stereocenters. The van der Waals surface area contributed by atoms with Crippen LogP contribution in [-0.4, -0.2) is 35.8 Å². The summed E-state index contributed by atoms with van der Waals surface area (Å²) in [5, 5.41) is 0. The summed E-state index contributed by atoms with van der Waals surface area (Å²) >= 11 is 1.84. The molecule has 1 aliphatic heterocycles. The first-order valence-electron chi connectivity index (χ1n) is 6.47. The summed E-state index contributed by atoms with van der Waals surface area (Å²) in [6.07, 6.45) is 0. The third-order valence-electron chi connectivity index (χ3n) is 3.85. The van der Waals surface area contributed by atoms with Crippen LogP contribution in [0.15, 0.2) is 29.2 Å². The monoisotopic (exact) mass is 299 g/mol. The lowest BCUT2D eigenvalue weighted by Crippen LogP contribution is -2.53. The Morgan fingerprint density at radius 1 is 1.26 bits per heavy atom. The minimum absolute atomic E-state index is 0.00227. The molecule has 0 unspecified atom stereocenters. The summed E-state index contributed by atoms with van der Waals surface area (Å²) in [6.45, 7) is 8.77. The average molecular weight is 299 g/mol. The fraction of sp³-hybridized carbons (Fsp3) is 0.571. The first kappa shape index (κ1) is 14.9. The van der Waals surface area contributed by atoms with E-state index in [1.165, 1.54) is 0 Å². The van der Waals surface area contributed by atoms with E-state index in [1.807, 2.05) is 37.7 Å². The number of hydrogen-bond donors (Lipinski definition) is 0. The van der Waals surface area contributed by atoms with Gasteiger partial charge in [-0.05, 0) is 39.8 Å². The molecular weight excluding hydrogens is 278 g/mol. The van der Waals surface area contributed by atoms with Crippen molar-refractivity contribution < 1.29 is 8.42 Å². The van der Waals surface area contributed by atoms with Crippen LogP contribution < -0.4 is 0 Å². The van der Waals surface area contributed by atoms with Crippen molar-refractivity contribution in [1.82, 2.24) is 4.31 Å². The molecule has 106 valence electrons. The van der Waals surface area contributed by atoms with Gasteiger partial charge < -0.3 is 0 Å². The van der Waals surface area contributed by atoms with Crippen molar-refractivity contribution in [2.75, 3.05) is 12.3 Å². The third-order valence-corrected chi connectivity index (χ3v) is 7.31. The molecule has 1 saturated heterocycles. The molecule has 1 fully saturated rings. The van der Waals surface area contributed by atoms with Crippen LogP contribution in [-0.2, 0) is 10.0 Å². The van der Waals surface area contributed by atoms with Gasteiger partial charge in [-0.1, -0.05) is 17.7 Å². The van der Waals surface area contributed by atoms with Crippen molar-refractivity contribution in [3.63, 3.8) is 0 Å². The number of sulfonamides is 1. The lowest BCUT2D eigenvalue weighted by molar-refractivity contribution is 0.296. The van der Waals surface area contributed by atoms with E-state index in [9.17, 15) is 8.42 Å². The lowest BCUT2D eigenvalue weighted by atomic mass is 10.1. The Morgan fingerprint density at radius 3 is 2.42 bits per heavy atom. The third kappa shape index (κ3) is 2.83. The fourth-order valence-electron chi connectivity index (χ4n) is 2.23. The number of aryl methyl sites for hydroxylation is 1. The van der Waals surface area contributed by atoms with E-state index in [0.717, 1.165) is 11.3 Å². The zero-order valence-corrected chi connectivity index (χ0v) is 13.5. The van der Waals surface area contributed by atoms with Crippen LogP contribution in [0.3, 0.4) is 0 Å². The SMILES string of the molecule is Cc1ccc(S(=O)(=O)N2CCSC(C)(C)[C@@H]2C)cc1. The van der Waals surface area contributed by atoms with Crippen molar-refractivity contribution in [3.8, 4) is 0 Å². The Labute approximate surface area is 120 Å². The normalized spacial score (nSPS) is 24.3. The van der Waals surface area contributed by atoms with Crippen molar-refractivity contribution in [2.24, 2.45) is 0 Å². The van der Waals surface area contributed by atoms with Gasteiger partial charge in [-0.2, -0.15) is 16.1 Å². The van der Waals surface area contributed by atoms with Crippen molar-refractivity contribution >= 4 is 21.8 Å². The van der Waals surface area contributed by atoms with Crippen LogP contribution in [0.2, 0.25) is 0 Å². The maximum Gasteiger partial charge on any atom is 0.243 e. The van der Waals surface area contributed by atoms with Gasteiger partial charge in [0.05, 0.1) is 4.90 Å². The molecule has 1 aliphatic rings. The molecule has 5 heteroatoms. The first-order valence-corrected chi connectivity index (χ1v) is 8.90. The molecule has 0 aromatic heterocycles. The van der Waals surface area contributed by atoms with Gasteiger partial charge in [0.1, 0.15) is 0 Å². The molecule has 1 aromatic rings. The second kappa shape index (κ2) is 5.11. The van der Waals surface area contributed by atoms with E-state index in [4.69, 9.17) is 0 Å². The number of hydrogen-bond acceptors (Lipinski definition) is 3. The number of rotatable bonds is 2. The molecule has 2 rings (SSSR count). The average Bonchev–Trinajstić information content (AvgIpc) is 2.33. The largest absolute Gasteiger partial charge is 0.243 e. The minimum Gasteiger partial charge on any atom is -0.207 e. The maximum atomic E-state index is 12.7. The van der Waals surface area contributed by atoms with E-state index < -0.39 is 10.0 Å². The highest BCUT2D eigenvalue weighted by Gasteiger charge is 2.41. The summed E-state index contributed by atoms with van der Waals surface area (Å²) in [5.74, 6) is 0.850. The molecule has 0 radical (unpaired) electrons. The van der Waals surface area contributed by atoms with Gasteiger partial charge >= 0.3 is 0 Å². The van der Waals surface area contributed by atoms with Crippen LogP contribution in [0.1, 0.15) is 26.3 Å². The smallest absolute Gasteiger partial charge is 0.207 e. The molecule has 0 amide bonds. The Morgan fingerprint density at radius 2 is 1.84 bits per heavy atom. The van der Waals surface area contributed by atoms with Crippen LogP contribution in [0.25, 0.3) is 0 Å². The number of benzene rings is 1. The Kier molecular flexibility index (Phi) is 4.00. The predicted octanol–water partition coefficient (Wildman–Crippen LogP) is 2.90. The summed E-state index contributed by atoms with van der Waals surface area (Å²) in [4.78, 5) is 0.396. The van der Waals surface area contributed by atoms with Gasteiger partial charge in [-0.25, -0.2) is 8.42 Å². The number of thioether (sulfide) groups is 1. The van der Waals surface area contributed by atoms with Gasteiger partial charge in [0.15, 0.2) is 0 Å². The van der Waals surface area contributed by atoms with Gasteiger partial charge in [0.2, 0.25) is 10.0 Å². The van der Waals surface area contributed by atoms with Crippen molar-refractivity contribution in [2.45, 2.75) is 43.4 Å². The number of nitrogens with zero attached hydrogens (tertiary/aromatic N) is 1. The standard InChI is InChI=1S/C14H21NO2S2/c1-11-5-7-13(8-6-11)19(16,17)15-9-10-18-14(3,4)12(15)2/h5-8,12H,9-10H2,1-4H3/t12-/m0/s1. The van der Waals surface area contributed by atoms with Crippen LogP contribution in [0, 0.1) is 6.92 Å². The van der Waals surface area contributed by atoms with E-state index >= 15 is 0 Å². The predicted molar refractivity (Wildman–Crippen MR) is 81.1 cm³/mol.